The van der Waals surface area contributed by atoms with Crippen LogP contribution in [0, 0.1) is 37.5 Å². The zero-order valence-corrected chi connectivity index (χ0v) is 20.0. The first kappa shape index (κ1) is 23.3. The smallest absolute Gasteiger partial charge is 0.330 e. The van der Waals surface area contributed by atoms with E-state index < -0.39 is 24.5 Å². The highest BCUT2D eigenvalue weighted by atomic mass is 16.5. The van der Waals surface area contributed by atoms with Crippen molar-refractivity contribution in [2.24, 2.45) is 23.7 Å². The second-order valence-corrected chi connectivity index (χ2v) is 10.1. The first-order valence-electron chi connectivity index (χ1n) is 12.3. The van der Waals surface area contributed by atoms with Crippen molar-refractivity contribution < 1.29 is 23.9 Å². The Hall–Kier alpha value is -3.48. The number of likely N-dealkylation sites (tertiary alicyclic amines) is 1. The lowest BCUT2D eigenvalue weighted by Crippen LogP contribution is -2.48. The Morgan fingerprint density at radius 2 is 1.54 bits per heavy atom. The number of para-hydroxylation sites is 1. The molecule has 1 heterocycles. The number of carbonyl (C=O) groups excluding carboxylic acids is 4. The zero-order chi connectivity index (χ0) is 24.7. The zero-order valence-electron chi connectivity index (χ0n) is 20.0. The monoisotopic (exact) mass is 474 g/mol. The molecule has 1 aliphatic heterocycles. The van der Waals surface area contributed by atoms with Crippen molar-refractivity contribution in [3.63, 3.8) is 0 Å². The fourth-order valence-electron chi connectivity index (χ4n) is 6.28. The molecule has 2 aromatic rings. The van der Waals surface area contributed by atoms with E-state index in [9.17, 15) is 19.2 Å². The molecule has 182 valence electrons. The van der Waals surface area contributed by atoms with Gasteiger partial charge in [0.15, 0.2) is 6.61 Å². The number of nitrogens with one attached hydrogen (secondary N) is 1. The van der Waals surface area contributed by atoms with Crippen LogP contribution >= 0.6 is 0 Å². The Morgan fingerprint density at radius 1 is 0.943 bits per heavy atom. The summed E-state index contributed by atoms with van der Waals surface area (Å²) in [6.07, 6.45) is 3.01. The Morgan fingerprint density at radius 3 is 2.14 bits per heavy atom. The number of anilines is 1. The molecule has 0 radical (unpaired) electrons. The van der Waals surface area contributed by atoms with E-state index in [0.29, 0.717) is 5.69 Å². The topological polar surface area (TPSA) is 92.8 Å². The molecule has 7 heteroatoms. The number of rotatable bonds is 7. The predicted molar refractivity (Wildman–Crippen MR) is 129 cm³/mol. The molecule has 0 spiro atoms. The van der Waals surface area contributed by atoms with Crippen LogP contribution in [0.15, 0.2) is 48.5 Å². The van der Waals surface area contributed by atoms with Crippen LogP contribution in [0.3, 0.4) is 0 Å². The van der Waals surface area contributed by atoms with Crippen LogP contribution in [0.4, 0.5) is 5.69 Å². The molecule has 0 unspecified atom stereocenters. The van der Waals surface area contributed by atoms with E-state index in [1.165, 1.54) is 0 Å². The van der Waals surface area contributed by atoms with Crippen LogP contribution in [-0.4, -0.2) is 41.2 Å². The van der Waals surface area contributed by atoms with Gasteiger partial charge >= 0.3 is 5.97 Å². The highest BCUT2D eigenvalue weighted by molar-refractivity contribution is 6.08. The number of imide groups is 1. The number of benzene rings is 2. The number of amides is 3. The van der Waals surface area contributed by atoms with Gasteiger partial charge in [-0.25, -0.2) is 4.79 Å². The molecule has 2 bridgehead atoms. The van der Waals surface area contributed by atoms with Gasteiger partial charge in [0.1, 0.15) is 6.04 Å². The minimum absolute atomic E-state index is 0.157. The van der Waals surface area contributed by atoms with Gasteiger partial charge in [-0.2, -0.15) is 0 Å². The number of hydrogen-bond acceptors (Lipinski definition) is 5. The molecule has 1 saturated heterocycles. The summed E-state index contributed by atoms with van der Waals surface area (Å²) in [7, 11) is 0. The van der Waals surface area contributed by atoms with Crippen LogP contribution in [0.5, 0.6) is 0 Å². The first-order valence-corrected chi connectivity index (χ1v) is 12.3. The maximum Gasteiger partial charge on any atom is 0.330 e. The summed E-state index contributed by atoms with van der Waals surface area (Å²) in [5.41, 5.74) is 3.31. The number of esters is 1. The Kier molecular flexibility index (Phi) is 6.17. The van der Waals surface area contributed by atoms with Gasteiger partial charge in [-0.3, -0.25) is 19.3 Å². The number of aryl methyl sites for hydroxylation is 2. The van der Waals surface area contributed by atoms with E-state index >= 15 is 0 Å². The van der Waals surface area contributed by atoms with Gasteiger partial charge in [0.2, 0.25) is 11.8 Å². The molecule has 1 N–H and O–H groups in total. The third-order valence-electron chi connectivity index (χ3n) is 7.91. The molecule has 35 heavy (non-hydrogen) atoms. The quantitative estimate of drug-likeness (QED) is 0.490. The summed E-state index contributed by atoms with van der Waals surface area (Å²) in [6, 6.07) is 13.8. The largest absolute Gasteiger partial charge is 0.454 e. The van der Waals surface area contributed by atoms with Crippen molar-refractivity contribution in [1.82, 2.24) is 4.90 Å². The molecule has 3 fully saturated rings. The normalized spacial score (nSPS) is 25.5. The summed E-state index contributed by atoms with van der Waals surface area (Å²) >= 11 is 0. The van der Waals surface area contributed by atoms with Gasteiger partial charge in [-0.1, -0.05) is 48.5 Å². The lowest BCUT2D eigenvalue weighted by Gasteiger charge is -2.26. The summed E-state index contributed by atoms with van der Waals surface area (Å²) in [5, 5.41) is 2.80. The van der Waals surface area contributed by atoms with Crippen LogP contribution in [-0.2, 0) is 30.3 Å². The molecule has 2 aliphatic carbocycles. The Bertz CT molecular complexity index is 1130. The Balaban J connectivity index is 1.33. The van der Waals surface area contributed by atoms with Gasteiger partial charge < -0.3 is 10.1 Å². The molecule has 7 nitrogen and oxygen atoms in total. The Labute approximate surface area is 204 Å². The maximum absolute atomic E-state index is 13.4. The fraction of sp³-hybridized carbons (Fsp3) is 0.429. The molecule has 3 aliphatic rings. The van der Waals surface area contributed by atoms with E-state index in [0.717, 1.165) is 40.9 Å². The van der Waals surface area contributed by atoms with Crippen molar-refractivity contribution in [3.8, 4) is 0 Å². The van der Waals surface area contributed by atoms with E-state index in [1.807, 2.05) is 62.4 Å². The van der Waals surface area contributed by atoms with Gasteiger partial charge in [-0.15, -0.1) is 0 Å². The van der Waals surface area contributed by atoms with Crippen molar-refractivity contribution in [2.75, 3.05) is 11.9 Å². The second-order valence-electron chi connectivity index (χ2n) is 10.1. The number of ether oxygens (including phenoxy) is 1. The van der Waals surface area contributed by atoms with Crippen molar-refractivity contribution in [2.45, 2.75) is 45.6 Å². The summed E-state index contributed by atoms with van der Waals surface area (Å²) < 4.78 is 5.39. The van der Waals surface area contributed by atoms with E-state index in [2.05, 4.69) is 5.32 Å². The fourth-order valence-corrected chi connectivity index (χ4v) is 6.28. The van der Waals surface area contributed by atoms with Crippen LogP contribution in [0.25, 0.3) is 0 Å². The minimum Gasteiger partial charge on any atom is -0.454 e. The van der Waals surface area contributed by atoms with E-state index in [1.54, 1.807) is 0 Å². The van der Waals surface area contributed by atoms with Crippen LogP contribution in [0.1, 0.15) is 36.0 Å². The molecule has 0 aromatic heterocycles. The molecular weight excluding hydrogens is 444 g/mol. The molecule has 5 atom stereocenters. The molecular formula is C28H30N2O5. The van der Waals surface area contributed by atoms with Crippen molar-refractivity contribution in [1.29, 1.82) is 0 Å². The second kappa shape index (κ2) is 9.29. The van der Waals surface area contributed by atoms with E-state index in [-0.39, 0.29) is 41.9 Å². The number of nitrogens with zero attached hydrogens (tertiary/aromatic N) is 1. The minimum atomic E-state index is -1.09. The van der Waals surface area contributed by atoms with E-state index in [4.69, 9.17) is 4.74 Å². The number of hydrogen-bond donors (Lipinski definition) is 1. The van der Waals surface area contributed by atoms with Crippen LogP contribution < -0.4 is 5.32 Å². The standard InChI is InChI=1S/C28H30N2O5/c1-16-7-6-8-17(2)25(16)29-22(31)15-35-28(34)21(13-18-9-4-3-5-10-18)30-26(32)23-19-11-12-20(14-19)24(23)27(30)33/h3-10,19-21,23-24H,11-15H2,1-2H3,(H,29,31)/t19-,20-,21-,23+,24+/m0/s1. The van der Waals surface area contributed by atoms with Gasteiger partial charge in [-0.05, 0) is 61.6 Å². The maximum atomic E-state index is 13.4. The van der Waals surface area contributed by atoms with Gasteiger partial charge in [0, 0.05) is 12.1 Å². The highest BCUT2D eigenvalue weighted by Crippen LogP contribution is 2.56. The third kappa shape index (κ3) is 4.24. The molecule has 3 amide bonds. The predicted octanol–water partition coefficient (Wildman–Crippen LogP) is 3.43. The van der Waals surface area contributed by atoms with Crippen molar-refractivity contribution >= 4 is 29.4 Å². The molecule has 2 saturated carbocycles. The average Bonchev–Trinajstić information content (AvgIpc) is 3.53. The summed E-state index contributed by atoms with van der Waals surface area (Å²) in [6.45, 7) is 3.28. The summed E-state index contributed by atoms with van der Waals surface area (Å²) in [4.78, 5) is 53.8. The van der Waals surface area contributed by atoms with Gasteiger partial charge in [0.05, 0.1) is 11.8 Å². The molecule has 2 aromatic carbocycles. The number of carbonyl (C=O) groups is 4. The highest BCUT2D eigenvalue weighted by Gasteiger charge is 2.62. The SMILES string of the molecule is Cc1cccc(C)c1NC(=O)COC(=O)[C@H](Cc1ccccc1)N1C(=O)[C@@H]2[C@H]3CC[C@@H](C3)[C@H]2C1=O. The number of fused-ring (bicyclic) bond motifs is 5. The summed E-state index contributed by atoms with van der Waals surface area (Å²) in [5.74, 6) is -1.91. The lowest BCUT2D eigenvalue weighted by molar-refractivity contribution is -0.160. The average molecular weight is 475 g/mol. The van der Waals surface area contributed by atoms with Crippen LogP contribution in [0.2, 0.25) is 0 Å². The van der Waals surface area contributed by atoms with Gasteiger partial charge in [0.25, 0.3) is 5.91 Å². The third-order valence-corrected chi connectivity index (χ3v) is 7.91. The molecule has 5 rings (SSSR count). The first-order chi connectivity index (χ1) is 16.8. The van der Waals surface area contributed by atoms with Crippen molar-refractivity contribution in [3.05, 3.63) is 65.2 Å². The lowest BCUT2D eigenvalue weighted by atomic mass is 9.81.